The van der Waals surface area contributed by atoms with E-state index in [9.17, 15) is 4.79 Å². The van der Waals surface area contributed by atoms with E-state index in [4.69, 9.17) is 21.6 Å². The van der Waals surface area contributed by atoms with Crippen LogP contribution < -0.4 is 4.90 Å². The predicted molar refractivity (Wildman–Crippen MR) is 151 cm³/mol. The molecule has 3 aliphatic heterocycles. The molecule has 3 aliphatic rings. The van der Waals surface area contributed by atoms with E-state index in [0.29, 0.717) is 23.0 Å². The molecule has 0 radical (unpaired) electrons. The van der Waals surface area contributed by atoms with Gasteiger partial charge in [-0.1, -0.05) is 35.9 Å². The number of piperazine rings is 1. The zero-order chi connectivity index (χ0) is 25.9. The quantitative estimate of drug-likeness (QED) is 0.506. The summed E-state index contributed by atoms with van der Waals surface area (Å²) in [5.41, 5.74) is 2.73. The van der Waals surface area contributed by atoms with E-state index < -0.39 is 0 Å². The molecule has 4 heterocycles. The number of piperidine rings is 1. The van der Waals surface area contributed by atoms with Crippen LogP contribution >= 0.6 is 11.6 Å². The molecule has 2 unspecified atom stereocenters. The van der Waals surface area contributed by atoms with Gasteiger partial charge in [0.2, 0.25) is 5.96 Å². The second kappa shape index (κ2) is 11.1. The highest BCUT2D eigenvalue weighted by atomic mass is 35.5. The molecule has 37 heavy (non-hydrogen) atoms. The monoisotopic (exact) mass is 518 g/mol. The first kappa shape index (κ1) is 25.5. The standard InChI is InChI=1S/C29H35ClN6O/c1-20-7-4-5-16-36(20)29-32-26(24-11-9-23(10-12-24)22(3)37)13-14-27(33-29)35-18-17-34(19-21(35)2)28-25(30)8-6-15-31-28/h6,8-12,14-15,20-21H,4-5,7,13,16-19H2,1-3H3. The number of Topliss-reactive ketones (excluding diaryl/α,β-unsaturated/α-hetero) is 1. The average Bonchev–Trinajstić information content (AvgIpc) is 3.12. The summed E-state index contributed by atoms with van der Waals surface area (Å²) in [4.78, 5) is 33.6. The minimum Gasteiger partial charge on any atom is -0.352 e. The van der Waals surface area contributed by atoms with Gasteiger partial charge in [0.15, 0.2) is 5.78 Å². The first-order valence-electron chi connectivity index (χ1n) is 13.3. The van der Waals surface area contributed by atoms with Gasteiger partial charge in [0.05, 0.1) is 10.7 Å². The summed E-state index contributed by atoms with van der Waals surface area (Å²) in [5.74, 6) is 2.69. The highest BCUT2D eigenvalue weighted by Gasteiger charge is 2.30. The Labute approximate surface area is 224 Å². The summed E-state index contributed by atoms with van der Waals surface area (Å²) in [6, 6.07) is 12.2. The van der Waals surface area contributed by atoms with E-state index in [1.807, 2.05) is 36.4 Å². The summed E-state index contributed by atoms with van der Waals surface area (Å²) in [6.45, 7) is 9.53. The number of rotatable bonds is 4. The van der Waals surface area contributed by atoms with Crippen LogP contribution in [-0.2, 0) is 0 Å². The van der Waals surface area contributed by atoms with E-state index in [0.717, 1.165) is 67.9 Å². The Bertz CT molecular complexity index is 1240. The third kappa shape index (κ3) is 5.57. The van der Waals surface area contributed by atoms with Gasteiger partial charge in [-0.05, 0) is 63.8 Å². The number of anilines is 1. The minimum atomic E-state index is 0.0704. The van der Waals surface area contributed by atoms with Gasteiger partial charge < -0.3 is 14.7 Å². The predicted octanol–water partition coefficient (Wildman–Crippen LogP) is 5.41. The van der Waals surface area contributed by atoms with Crippen molar-refractivity contribution in [3.05, 3.63) is 70.6 Å². The number of aromatic nitrogens is 1. The lowest BCUT2D eigenvalue weighted by Crippen LogP contribution is -2.51. The van der Waals surface area contributed by atoms with Crippen LogP contribution in [0.1, 0.15) is 62.4 Å². The number of carbonyl (C=O) groups excluding carboxylic acids is 1. The first-order valence-corrected chi connectivity index (χ1v) is 13.6. The number of nitrogens with zero attached hydrogens (tertiary/aromatic N) is 6. The average molecular weight is 519 g/mol. The molecule has 2 fully saturated rings. The Morgan fingerprint density at radius 2 is 1.78 bits per heavy atom. The van der Waals surface area contributed by atoms with Crippen molar-refractivity contribution < 1.29 is 4.79 Å². The lowest BCUT2D eigenvalue weighted by molar-refractivity contribution is 0.101. The second-order valence-corrected chi connectivity index (χ2v) is 10.6. The maximum Gasteiger partial charge on any atom is 0.227 e. The van der Waals surface area contributed by atoms with Crippen LogP contribution in [0.4, 0.5) is 5.82 Å². The van der Waals surface area contributed by atoms with Crippen molar-refractivity contribution in [2.75, 3.05) is 31.1 Å². The van der Waals surface area contributed by atoms with Crippen LogP contribution in [0.15, 0.2) is 64.5 Å². The number of hydrogen-bond acceptors (Lipinski definition) is 7. The molecule has 2 aromatic rings. The Hall–Kier alpha value is -3.19. The van der Waals surface area contributed by atoms with Crippen molar-refractivity contribution in [2.24, 2.45) is 9.98 Å². The number of allylic oxidation sites excluding steroid dienone is 1. The molecule has 0 spiro atoms. The summed E-state index contributed by atoms with van der Waals surface area (Å²) in [6.07, 6.45) is 8.23. The molecule has 5 rings (SSSR count). The molecule has 0 aliphatic carbocycles. The number of aliphatic imine (C=N–C) groups is 2. The molecular formula is C29H35ClN6O. The number of pyridine rings is 1. The van der Waals surface area contributed by atoms with Crippen LogP contribution in [-0.4, -0.2) is 70.5 Å². The zero-order valence-corrected chi connectivity index (χ0v) is 22.7. The van der Waals surface area contributed by atoms with Gasteiger partial charge in [-0.2, -0.15) is 4.99 Å². The molecule has 0 amide bonds. The number of benzene rings is 1. The molecule has 1 aromatic carbocycles. The molecule has 8 heteroatoms. The van der Waals surface area contributed by atoms with Gasteiger partial charge in [-0.25, -0.2) is 9.98 Å². The minimum absolute atomic E-state index is 0.0704. The lowest BCUT2D eigenvalue weighted by Gasteiger charge is -2.42. The molecule has 2 saturated heterocycles. The summed E-state index contributed by atoms with van der Waals surface area (Å²) >= 11 is 6.44. The normalized spacial score (nSPS) is 22.7. The number of carbonyl (C=O) groups is 1. The van der Waals surface area contributed by atoms with Crippen LogP contribution in [0.25, 0.3) is 0 Å². The Kier molecular flexibility index (Phi) is 7.60. The van der Waals surface area contributed by atoms with E-state index in [1.54, 1.807) is 13.1 Å². The molecule has 194 valence electrons. The fourth-order valence-electron chi connectivity index (χ4n) is 5.41. The number of halogens is 1. The Balaban J connectivity index is 1.43. The fraction of sp³-hybridized carbons (Fsp3) is 0.448. The van der Waals surface area contributed by atoms with Crippen molar-refractivity contribution >= 4 is 34.9 Å². The van der Waals surface area contributed by atoms with Gasteiger partial charge >= 0.3 is 0 Å². The van der Waals surface area contributed by atoms with Crippen LogP contribution in [0.3, 0.4) is 0 Å². The zero-order valence-electron chi connectivity index (χ0n) is 21.9. The molecule has 0 bridgehead atoms. The molecule has 7 nitrogen and oxygen atoms in total. The third-order valence-electron chi connectivity index (χ3n) is 7.57. The Morgan fingerprint density at radius 1 is 0.973 bits per heavy atom. The van der Waals surface area contributed by atoms with Gasteiger partial charge in [0.1, 0.15) is 11.6 Å². The van der Waals surface area contributed by atoms with Gasteiger partial charge in [0.25, 0.3) is 0 Å². The number of likely N-dealkylation sites (tertiary alicyclic amines) is 1. The lowest BCUT2D eigenvalue weighted by atomic mass is 10.0. The van der Waals surface area contributed by atoms with Gasteiger partial charge in [-0.3, -0.25) is 4.79 Å². The summed E-state index contributed by atoms with van der Waals surface area (Å²) in [7, 11) is 0. The van der Waals surface area contributed by atoms with Crippen molar-refractivity contribution in [2.45, 2.75) is 58.5 Å². The highest BCUT2D eigenvalue weighted by Crippen LogP contribution is 2.28. The highest BCUT2D eigenvalue weighted by molar-refractivity contribution is 6.32. The molecule has 2 atom stereocenters. The summed E-state index contributed by atoms with van der Waals surface area (Å²) in [5, 5.41) is 0.685. The van der Waals surface area contributed by atoms with Crippen molar-refractivity contribution in [3.63, 3.8) is 0 Å². The smallest absolute Gasteiger partial charge is 0.227 e. The molecular weight excluding hydrogens is 484 g/mol. The largest absolute Gasteiger partial charge is 0.352 e. The number of ketones is 1. The molecule has 0 N–H and O–H groups in total. The van der Waals surface area contributed by atoms with E-state index in [-0.39, 0.29) is 11.8 Å². The number of guanidine groups is 1. The topological polar surface area (TPSA) is 64.4 Å². The molecule has 0 saturated carbocycles. The SMILES string of the molecule is CC(=O)c1ccc(C2=NC(N3CCCCC3C)=NC(N3CCN(c4ncccc4Cl)CC3C)=CC2)cc1. The number of hydrogen-bond donors (Lipinski definition) is 0. The second-order valence-electron chi connectivity index (χ2n) is 10.2. The van der Waals surface area contributed by atoms with Crippen LogP contribution in [0.5, 0.6) is 0 Å². The Morgan fingerprint density at radius 3 is 2.49 bits per heavy atom. The van der Waals surface area contributed by atoms with Gasteiger partial charge in [-0.15, -0.1) is 0 Å². The maximum absolute atomic E-state index is 11.8. The van der Waals surface area contributed by atoms with Crippen molar-refractivity contribution in [1.29, 1.82) is 0 Å². The third-order valence-corrected chi connectivity index (χ3v) is 7.87. The van der Waals surface area contributed by atoms with Gasteiger partial charge in [0, 0.05) is 56.4 Å². The molecule has 1 aromatic heterocycles. The van der Waals surface area contributed by atoms with Crippen LogP contribution in [0, 0.1) is 0 Å². The van der Waals surface area contributed by atoms with Crippen molar-refractivity contribution in [1.82, 2.24) is 14.8 Å². The fourth-order valence-corrected chi connectivity index (χ4v) is 5.65. The summed E-state index contributed by atoms with van der Waals surface area (Å²) < 4.78 is 0. The van der Waals surface area contributed by atoms with Crippen LogP contribution in [0.2, 0.25) is 5.02 Å². The first-order chi connectivity index (χ1) is 17.9. The van der Waals surface area contributed by atoms with Crippen molar-refractivity contribution in [3.8, 4) is 0 Å². The van der Waals surface area contributed by atoms with E-state index >= 15 is 0 Å². The van der Waals surface area contributed by atoms with E-state index in [2.05, 4.69) is 39.6 Å². The maximum atomic E-state index is 11.8. The van der Waals surface area contributed by atoms with E-state index in [1.165, 1.54) is 6.42 Å².